The molecule has 0 aliphatic carbocycles. The first-order valence-electron chi connectivity index (χ1n) is 2.77. The summed E-state index contributed by atoms with van der Waals surface area (Å²) < 4.78 is 1.10. The number of benzene rings is 1. The minimum atomic E-state index is 0. The van der Waals surface area contributed by atoms with Gasteiger partial charge in [-0.1, -0.05) is 28.1 Å². The van der Waals surface area contributed by atoms with Crippen molar-refractivity contribution < 1.29 is 13.8 Å². The van der Waals surface area contributed by atoms with E-state index in [1.165, 1.54) is 5.56 Å². The highest BCUT2D eigenvalue weighted by Gasteiger charge is 1.86. The Balaban J connectivity index is 0. The molecule has 0 aliphatic heterocycles. The van der Waals surface area contributed by atoms with Gasteiger partial charge in [0.2, 0.25) is 0 Å². The van der Waals surface area contributed by atoms with Crippen molar-refractivity contribution >= 4 is 15.9 Å². The highest BCUT2D eigenvalue weighted by atomic mass is 79.9. The lowest BCUT2D eigenvalue weighted by atomic mass is 10.2. The van der Waals surface area contributed by atoms with Gasteiger partial charge < -0.3 is 18.1 Å². The first-order valence-corrected chi connectivity index (χ1v) is 3.57. The second-order valence-corrected chi connectivity index (χ2v) is 2.75. The van der Waals surface area contributed by atoms with Crippen LogP contribution in [0.2, 0.25) is 0 Å². The Hall–Kier alpha value is -0.0500. The zero-order valence-electron chi connectivity index (χ0n) is 6.35. The normalized spacial score (nSPS) is 8.60. The largest absolute Gasteiger partial charge is 1.00 e. The highest BCUT2D eigenvalue weighted by molar-refractivity contribution is 9.10. The number of hydrogen-bond acceptors (Lipinski definition) is 1. The van der Waals surface area contributed by atoms with E-state index in [0.717, 1.165) is 4.47 Å². The van der Waals surface area contributed by atoms with Crippen molar-refractivity contribution in [3.8, 4) is 0 Å². The van der Waals surface area contributed by atoms with Gasteiger partial charge in [-0.05, 0) is 17.7 Å². The summed E-state index contributed by atoms with van der Waals surface area (Å²) in [5.41, 5.74) is 6.55. The van der Waals surface area contributed by atoms with Crippen LogP contribution in [0.3, 0.4) is 0 Å². The summed E-state index contributed by atoms with van der Waals surface area (Å²) in [7, 11) is 0. The summed E-state index contributed by atoms with van der Waals surface area (Å²) in [4.78, 5) is 0. The van der Waals surface area contributed by atoms with E-state index in [1.807, 2.05) is 24.3 Å². The molecular formula is C7H9BrClN. The molecular weight excluding hydrogens is 213 g/mol. The van der Waals surface area contributed by atoms with Gasteiger partial charge >= 0.3 is 1.43 Å². The standard InChI is InChI=1S/C7H8BrN.ClH/c8-7-3-1-6(5-9)2-4-7;/h1-4H,5,9H2;1H. The van der Waals surface area contributed by atoms with Crippen LogP contribution in [0.5, 0.6) is 0 Å². The van der Waals surface area contributed by atoms with E-state index in [9.17, 15) is 0 Å². The summed E-state index contributed by atoms with van der Waals surface area (Å²) in [6, 6.07) is 7.98. The van der Waals surface area contributed by atoms with E-state index in [4.69, 9.17) is 5.73 Å². The lowest BCUT2D eigenvalue weighted by molar-refractivity contribution is -0.00000180. The maximum absolute atomic E-state index is 5.38. The molecule has 0 saturated carbocycles. The van der Waals surface area contributed by atoms with Crippen LogP contribution in [-0.2, 0) is 6.54 Å². The van der Waals surface area contributed by atoms with Crippen LogP contribution >= 0.6 is 15.9 Å². The van der Waals surface area contributed by atoms with Crippen LogP contribution in [0.25, 0.3) is 0 Å². The van der Waals surface area contributed by atoms with Crippen molar-refractivity contribution in [1.82, 2.24) is 0 Å². The summed E-state index contributed by atoms with van der Waals surface area (Å²) >= 11 is 3.33. The highest BCUT2D eigenvalue weighted by Crippen LogP contribution is 2.09. The Bertz CT molecular complexity index is 190. The fraction of sp³-hybridized carbons (Fsp3) is 0.143. The quantitative estimate of drug-likeness (QED) is 0.650. The molecule has 3 heteroatoms. The third kappa shape index (κ3) is 2.69. The van der Waals surface area contributed by atoms with E-state index in [2.05, 4.69) is 15.9 Å². The Labute approximate surface area is 76.6 Å². The number of hydrogen-bond donors (Lipinski definition) is 1. The predicted octanol–water partition coefficient (Wildman–Crippen LogP) is -0.976. The molecule has 0 saturated heterocycles. The van der Waals surface area contributed by atoms with E-state index in [1.54, 1.807) is 0 Å². The summed E-state index contributed by atoms with van der Waals surface area (Å²) in [5, 5.41) is 0. The maximum Gasteiger partial charge on any atom is 1.00 e. The molecule has 1 rings (SSSR count). The topological polar surface area (TPSA) is 26.0 Å². The van der Waals surface area contributed by atoms with Gasteiger partial charge in [0.25, 0.3) is 0 Å². The minimum absolute atomic E-state index is 0. The number of rotatable bonds is 1. The average Bonchev–Trinajstić information content (AvgIpc) is 1.90. The first-order chi connectivity index (χ1) is 4.33. The van der Waals surface area contributed by atoms with E-state index >= 15 is 0 Å². The van der Waals surface area contributed by atoms with Gasteiger partial charge in [-0.2, -0.15) is 0 Å². The Morgan fingerprint density at radius 2 is 1.80 bits per heavy atom. The molecule has 0 radical (unpaired) electrons. The van der Waals surface area contributed by atoms with Crippen LogP contribution in [0.1, 0.15) is 6.99 Å². The maximum atomic E-state index is 5.38. The van der Waals surface area contributed by atoms with Gasteiger partial charge in [0.15, 0.2) is 0 Å². The van der Waals surface area contributed by atoms with Crippen molar-refractivity contribution in [3.63, 3.8) is 0 Å². The monoisotopic (exact) mass is 221 g/mol. The molecule has 0 heterocycles. The van der Waals surface area contributed by atoms with Crippen LogP contribution < -0.4 is 18.1 Å². The van der Waals surface area contributed by atoms with Crippen molar-refractivity contribution in [1.29, 1.82) is 0 Å². The molecule has 0 unspecified atom stereocenters. The lowest BCUT2D eigenvalue weighted by Gasteiger charge is -1.93. The predicted molar refractivity (Wildman–Crippen MR) is 43.1 cm³/mol. The van der Waals surface area contributed by atoms with E-state index < -0.39 is 0 Å². The molecule has 0 spiro atoms. The summed E-state index contributed by atoms with van der Waals surface area (Å²) in [6.45, 7) is 0.618. The Kier molecular flexibility index (Phi) is 4.69. The minimum Gasteiger partial charge on any atom is -1.00 e. The SMILES string of the molecule is NCc1ccc(Br)cc1.[Cl-].[H+]. The fourth-order valence-corrected chi connectivity index (χ4v) is 0.885. The van der Waals surface area contributed by atoms with Gasteiger partial charge in [0.1, 0.15) is 0 Å². The Morgan fingerprint density at radius 3 is 2.20 bits per heavy atom. The van der Waals surface area contributed by atoms with Gasteiger partial charge in [0.05, 0.1) is 0 Å². The van der Waals surface area contributed by atoms with Gasteiger partial charge in [-0.3, -0.25) is 0 Å². The smallest absolute Gasteiger partial charge is 1.00 e. The molecule has 0 amide bonds. The zero-order chi connectivity index (χ0) is 6.69. The number of halogens is 2. The van der Waals surface area contributed by atoms with Crippen LogP contribution in [0, 0.1) is 0 Å². The van der Waals surface area contributed by atoms with Crippen LogP contribution in [0.15, 0.2) is 28.7 Å². The molecule has 0 bridgehead atoms. The molecule has 2 N–H and O–H groups in total. The lowest BCUT2D eigenvalue weighted by Crippen LogP contribution is -3.00. The zero-order valence-corrected chi connectivity index (χ0v) is 7.69. The molecule has 1 aromatic rings. The first kappa shape index (κ1) is 9.95. The molecule has 1 aromatic carbocycles. The van der Waals surface area contributed by atoms with Crippen molar-refractivity contribution in [2.45, 2.75) is 6.54 Å². The molecule has 0 aliphatic rings. The second-order valence-electron chi connectivity index (χ2n) is 1.83. The van der Waals surface area contributed by atoms with Crippen molar-refractivity contribution in [2.24, 2.45) is 5.73 Å². The molecule has 1 nitrogen and oxygen atoms in total. The third-order valence-electron chi connectivity index (χ3n) is 1.15. The van der Waals surface area contributed by atoms with Crippen molar-refractivity contribution in [2.75, 3.05) is 0 Å². The second kappa shape index (κ2) is 4.72. The van der Waals surface area contributed by atoms with E-state index in [0.29, 0.717) is 6.54 Å². The Morgan fingerprint density at radius 1 is 1.30 bits per heavy atom. The van der Waals surface area contributed by atoms with Gasteiger partial charge in [-0.15, -0.1) is 0 Å². The molecule has 0 aromatic heterocycles. The average molecular weight is 223 g/mol. The van der Waals surface area contributed by atoms with Crippen molar-refractivity contribution in [3.05, 3.63) is 34.3 Å². The molecule has 56 valence electrons. The summed E-state index contributed by atoms with van der Waals surface area (Å²) in [6.07, 6.45) is 0. The van der Waals surface area contributed by atoms with Crippen LogP contribution in [0.4, 0.5) is 0 Å². The fourth-order valence-electron chi connectivity index (χ4n) is 0.620. The number of nitrogens with two attached hydrogens (primary N) is 1. The summed E-state index contributed by atoms with van der Waals surface area (Å²) in [5.74, 6) is 0. The molecule has 10 heavy (non-hydrogen) atoms. The molecule has 0 fully saturated rings. The third-order valence-corrected chi connectivity index (χ3v) is 1.68. The molecule has 0 atom stereocenters. The van der Waals surface area contributed by atoms with Gasteiger partial charge in [0, 0.05) is 11.0 Å². The van der Waals surface area contributed by atoms with E-state index in [-0.39, 0.29) is 13.8 Å². The van der Waals surface area contributed by atoms with Crippen LogP contribution in [-0.4, -0.2) is 0 Å². The van der Waals surface area contributed by atoms with Gasteiger partial charge in [-0.25, -0.2) is 0 Å².